The van der Waals surface area contributed by atoms with Crippen LogP contribution in [0.4, 0.5) is 0 Å². The highest BCUT2D eigenvalue weighted by Gasteiger charge is 2.06. The molecule has 0 aliphatic heterocycles. The summed E-state index contributed by atoms with van der Waals surface area (Å²) in [6.45, 7) is 7.52. The van der Waals surface area contributed by atoms with Gasteiger partial charge in [-0.2, -0.15) is 0 Å². The average molecular weight is 243 g/mol. The first-order valence-electron chi connectivity index (χ1n) is 6.45. The molecule has 0 aliphatic rings. The minimum atomic E-state index is 0.188. The van der Waals surface area contributed by atoms with Crippen LogP contribution in [0, 0.1) is 0 Å². The highest BCUT2D eigenvalue weighted by molar-refractivity contribution is 5.79. The van der Waals surface area contributed by atoms with Crippen molar-refractivity contribution in [2.24, 2.45) is 0 Å². The molecule has 0 amide bonds. The first kappa shape index (κ1) is 12.9. The second-order valence-corrected chi connectivity index (χ2v) is 5.55. The van der Waals surface area contributed by atoms with Crippen LogP contribution in [0.1, 0.15) is 33.0 Å². The Balaban J connectivity index is 1.89. The van der Waals surface area contributed by atoms with Gasteiger partial charge in [0.15, 0.2) is 0 Å². The van der Waals surface area contributed by atoms with Crippen molar-refractivity contribution in [1.82, 2.24) is 5.32 Å². The van der Waals surface area contributed by atoms with Crippen LogP contribution in [0.15, 0.2) is 40.8 Å². The fourth-order valence-corrected chi connectivity index (χ4v) is 1.81. The maximum absolute atomic E-state index is 5.71. The van der Waals surface area contributed by atoms with E-state index in [-0.39, 0.29) is 5.54 Å². The number of fused-ring (bicyclic) bond motifs is 1. The fourth-order valence-electron chi connectivity index (χ4n) is 1.81. The van der Waals surface area contributed by atoms with Gasteiger partial charge in [0.1, 0.15) is 11.3 Å². The number of para-hydroxylation sites is 1. The topological polar surface area (TPSA) is 25.2 Å². The van der Waals surface area contributed by atoms with Gasteiger partial charge in [0, 0.05) is 10.9 Å². The summed E-state index contributed by atoms with van der Waals surface area (Å²) in [5, 5.41) is 4.61. The summed E-state index contributed by atoms with van der Waals surface area (Å²) in [5.41, 5.74) is 1.14. The predicted octanol–water partition coefficient (Wildman–Crippen LogP) is 4.22. The number of rotatable bonds is 4. The van der Waals surface area contributed by atoms with E-state index in [1.807, 2.05) is 24.3 Å². The summed E-state index contributed by atoms with van der Waals surface area (Å²) < 4.78 is 5.71. The summed E-state index contributed by atoms with van der Waals surface area (Å²) in [4.78, 5) is 0. The van der Waals surface area contributed by atoms with Crippen molar-refractivity contribution in [3.63, 3.8) is 0 Å². The van der Waals surface area contributed by atoms with E-state index >= 15 is 0 Å². The summed E-state index contributed by atoms with van der Waals surface area (Å²) >= 11 is 0. The number of hydrogen-bond donors (Lipinski definition) is 1. The van der Waals surface area contributed by atoms with E-state index in [1.165, 1.54) is 0 Å². The SMILES string of the molecule is CC(C)(C)NCC/C=C/c1cc2ccccc2o1. The highest BCUT2D eigenvalue weighted by atomic mass is 16.3. The van der Waals surface area contributed by atoms with Crippen LogP contribution in [0.2, 0.25) is 0 Å². The second-order valence-electron chi connectivity index (χ2n) is 5.55. The molecule has 0 saturated carbocycles. The molecule has 1 heterocycles. The first-order valence-corrected chi connectivity index (χ1v) is 6.45. The molecule has 18 heavy (non-hydrogen) atoms. The van der Waals surface area contributed by atoms with Gasteiger partial charge >= 0.3 is 0 Å². The van der Waals surface area contributed by atoms with Crippen molar-refractivity contribution in [3.8, 4) is 0 Å². The molecule has 0 saturated heterocycles. The minimum Gasteiger partial charge on any atom is -0.457 e. The lowest BCUT2D eigenvalue weighted by molar-refractivity contribution is 0.431. The number of nitrogens with one attached hydrogen (secondary N) is 1. The van der Waals surface area contributed by atoms with Crippen molar-refractivity contribution < 1.29 is 4.42 Å². The highest BCUT2D eigenvalue weighted by Crippen LogP contribution is 2.19. The molecule has 2 heteroatoms. The summed E-state index contributed by atoms with van der Waals surface area (Å²) in [5.74, 6) is 0.923. The monoisotopic (exact) mass is 243 g/mol. The molecular weight excluding hydrogens is 222 g/mol. The minimum absolute atomic E-state index is 0.188. The van der Waals surface area contributed by atoms with E-state index in [9.17, 15) is 0 Å². The lowest BCUT2D eigenvalue weighted by Crippen LogP contribution is -2.36. The van der Waals surface area contributed by atoms with Crippen LogP contribution in [-0.4, -0.2) is 12.1 Å². The zero-order valence-electron chi connectivity index (χ0n) is 11.4. The van der Waals surface area contributed by atoms with E-state index in [4.69, 9.17) is 4.42 Å². The zero-order chi connectivity index (χ0) is 13.0. The zero-order valence-corrected chi connectivity index (χ0v) is 11.4. The van der Waals surface area contributed by atoms with Crippen molar-refractivity contribution in [2.45, 2.75) is 32.7 Å². The van der Waals surface area contributed by atoms with Crippen molar-refractivity contribution in [1.29, 1.82) is 0 Å². The molecule has 2 nitrogen and oxygen atoms in total. The third-order valence-corrected chi connectivity index (χ3v) is 2.69. The second kappa shape index (κ2) is 5.40. The van der Waals surface area contributed by atoms with Gasteiger partial charge in [0.05, 0.1) is 0 Å². The fraction of sp³-hybridized carbons (Fsp3) is 0.375. The van der Waals surface area contributed by atoms with Gasteiger partial charge in [-0.25, -0.2) is 0 Å². The maximum Gasteiger partial charge on any atom is 0.134 e. The molecule has 1 aromatic heterocycles. The van der Waals surface area contributed by atoms with Gasteiger partial charge in [0.2, 0.25) is 0 Å². The Hall–Kier alpha value is -1.54. The Morgan fingerprint density at radius 1 is 1.22 bits per heavy atom. The van der Waals surface area contributed by atoms with Crippen molar-refractivity contribution in [3.05, 3.63) is 42.2 Å². The van der Waals surface area contributed by atoms with Gasteiger partial charge in [-0.15, -0.1) is 0 Å². The Morgan fingerprint density at radius 3 is 2.72 bits per heavy atom. The number of benzene rings is 1. The van der Waals surface area contributed by atoms with Gasteiger partial charge in [-0.3, -0.25) is 0 Å². The molecule has 0 atom stereocenters. The Morgan fingerprint density at radius 2 is 2.00 bits per heavy atom. The van der Waals surface area contributed by atoms with Crippen LogP contribution in [0.5, 0.6) is 0 Å². The summed E-state index contributed by atoms with van der Waals surface area (Å²) in [7, 11) is 0. The third kappa shape index (κ3) is 3.74. The quantitative estimate of drug-likeness (QED) is 0.813. The van der Waals surface area contributed by atoms with Crippen molar-refractivity contribution in [2.75, 3.05) is 6.54 Å². The van der Waals surface area contributed by atoms with E-state index in [0.717, 1.165) is 29.7 Å². The van der Waals surface area contributed by atoms with Crippen LogP contribution < -0.4 is 5.32 Å². The summed E-state index contributed by atoms with van der Waals surface area (Å²) in [6.07, 6.45) is 5.20. The smallest absolute Gasteiger partial charge is 0.134 e. The van der Waals surface area contributed by atoms with Crippen LogP contribution >= 0.6 is 0 Å². The molecule has 0 fully saturated rings. The van der Waals surface area contributed by atoms with E-state index in [2.05, 4.69) is 44.3 Å². The molecule has 1 aromatic carbocycles. The van der Waals surface area contributed by atoms with Crippen LogP contribution in [0.25, 0.3) is 17.0 Å². The Kier molecular flexibility index (Phi) is 3.87. The molecule has 1 N–H and O–H groups in total. The molecule has 96 valence electrons. The molecule has 0 bridgehead atoms. The van der Waals surface area contributed by atoms with Gasteiger partial charge in [-0.1, -0.05) is 24.3 Å². The average Bonchev–Trinajstić information content (AvgIpc) is 2.69. The van der Waals surface area contributed by atoms with Crippen LogP contribution in [0.3, 0.4) is 0 Å². The maximum atomic E-state index is 5.71. The Labute approximate surface area is 109 Å². The van der Waals surface area contributed by atoms with Gasteiger partial charge in [0.25, 0.3) is 0 Å². The lowest BCUT2D eigenvalue weighted by atomic mass is 10.1. The van der Waals surface area contributed by atoms with Gasteiger partial charge in [-0.05, 0) is 51.9 Å². The number of hydrogen-bond acceptors (Lipinski definition) is 2. The van der Waals surface area contributed by atoms with E-state index in [0.29, 0.717) is 0 Å². The molecule has 0 unspecified atom stereocenters. The number of furan rings is 1. The molecule has 2 aromatic rings. The third-order valence-electron chi connectivity index (χ3n) is 2.69. The standard InChI is InChI=1S/C16H21NO/c1-16(2,3)17-11-7-6-9-14-12-13-8-4-5-10-15(13)18-14/h4-6,8-10,12,17H,7,11H2,1-3H3/b9-6+. The normalized spacial score (nSPS) is 12.6. The van der Waals surface area contributed by atoms with Crippen LogP contribution in [-0.2, 0) is 0 Å². The van der Waals surface area contributed by atoms with E-state index < -0.39 is 0 Å². The molecule has 0 radical (unpaired) electrons. The van der Waals surface area contributed by atoms with Crippen molar-refractivity contribution >= 4 is 17.0 Å². The molecule has 2 rings (SSSR count). The van der Waals surface area contributed by atoms with E-state index in [1.54, 1.807) is 0 Å². The first-order chi connectivity index (χ1) is 8.54. The molecule has 0 aliphatic carbocycles. The summed E-state index contributed by atoms with van der Waals surface area (Å²) in [6, 6.07) is 10.2. The largest absolute Gasteiger partial charge is 0.457 e. The molecular formula is C16H21NO. The predicted molar refractivity (Wildman–Crippen MR) is 77.6 cm³/mol. The Bertz CT molecular complexity index is 498. The lowest BCUT2D eigenvalue weighted by Gasteiger charge is -2.19. The van der Waals surface area contributed by atoms with Gasteiger partial charge < -0.3 is 9.73 Å². The molecule has 0 spiro atoms.